The van der Waals surface area contributed by atoms with Gasteiger partial charge >= 0.3 is 0 Å². The minimum Gasteiger partial charge on any atom is -0.325 e. The predicted molar refractivity (Wildman–Crippen MR) is 55.7 cm³/mol. The first kappa shape index (κ1) is 10.1. The Morgan fingerprint density at radius 1 is 1.53 bits per heavy atom. The number of rotatable bonds is 1. The van der Waals surface area contributed by atoms with Crippen LogP contribution >= 0.6 is 11.6 Å². The molecule has 15 heavy (non-hydrogen) atoms. The molecule has 0 N–H and O–H groups in total. The smallest absolute Gasteiger partial charge is 0.195 e. The van der Waals surface area contributed by atoms with Crippen molar-refractivity contribution in [2.75, 3.05) is 0 Å². The van der Waals surface area contributed by atoms with Crippen molar-refractivity contribution in [1.82, 2.24) is 9.55 Å². The zero-order valence-corrected chi connectivity index (χ0v) is 8.97. The molecule has 0 unspecified atom stereocenters. The maximum atomic E-state index is 13.4. The highest BCUT2D eigenvalue weighted by molar-refractivity contribution is 6.31. The lowest BCUT2D eigenvalue weighted by Gasteiger charge is -1.98. The van der Waals surface area contributed by atoms with Crippen LogP contribution in [0.25, 0.3) is 11.0 Å². The fourth-order valence-electron chi connectivity index (χ4n) is 1.53. The monoisotopic (exact) mass is 226 g/mol. The van der Waals surface area contributed by atoms with E-state index >= 15 is 0 Å². The number of hydrogen-bond acceptors (Lipinski definition) is 2. The summed E-state index contributed by atoms with van der Waals surface area (Å²) in [7, 11) is 1.65. The largest absolute Gasteiger partial charge is 0.325 e. The number of Topliss-reactive ketones (excluding diaryl/α,β-unsaturated/α-hetero) is 1. The zero-order valence-electron chi connectivity index (χ0n) is 8.21. The Labute approximate surface area is 90.5 Å². The lowest BCUT2D eigenvalue weighted by Crippen LogP contribution is -2.02. The molecule has 0 aliphatic carbocycles. The third kappa shape index (κ3) is 1.51. The van der Waals surface area contributed by atoms with E-state index in [1.54, 1.807) is 13.1 Å². The number of carbonyl (C=O) groups is 1. The number of benzene rings is 1. The maximum absolute atomic E-state index is 13.4. The highest BCUT2D eigenvalue weighted by Crippen LogP contribution is 2.23. The normalized spacial score (nSPS) is 10.9. The lowest BCUT2D eigenvalue weighted by molar-refractivity contribution is 0.100. The van der Waals surface area contributed by atoms with Crippen LogP contribution in [0.15, 0.2) is 12.1 Å². The predicted octanol–water partition coefficient (Wildman–Crippen LogP) is 2.57. The fourth-order valence-corrected chi connectivity index (χ4v) is 1.73. The molecule has 2 aromatic rings. The quantitative estimate of drug-likeness (QED) is 0.701. The maximum Gasteiger partial charge on any atom is 0.195 e. The van der Waals surface area contributed by atoms with Gasteiger partial charge in [0.1, 0.15) is 5.52 Å². The summed E-state index contributed by atoms with van der Waals surface area (Å²) in [5.74, 6) is -0.490. The standard InChI is InChI=1S/C10H8ClFN2O/c1-5(15)10-13-9-7(12)3-6(11)4-8(9)14(10)2/h3-4H,1-2H3. The van der Waals surface area contributed by atoms with Crippen molar-refractivity contribution in [1.29, 1.82) is 0 Å². The molecule has 0 radical (unpaired) electrons. The van der Waals surface area contributed by atoms with Gasteiger partial charge in [-0.3, -0.25) is 4.79 Å². The van der Waals surface area contributed by atoms with Crippen LogP contribution in [-0.4, -0.2) is 15.3 Å². The van der Waals surface area contributed by atoms with E-state index in [0.29, 0.717) is 5.52 Å². The second-order valence-corrected chi connectivity index (χ2v) is 3.74. The minimum absolute atomic E-state index is 0.173. The fraction of sp³-hybridized carbons (Fsp3) is 0.200. The van der Waals surface area contributed by atoms with Crippen LogP contribution in [-0.2, 0) is 7.05 Å². The van der Waals surface area contributed by atoms with E-state index in [1.165, 1.54) is 17.6 Å². The first-order valence-corrected chi connectivity index (χ1v) is 4.71. The molecule has 0 amide bonds. The third-order valence-corrected chi connectivity index (χ3v) is 2.44. The summed E-state index contributed by atoms with van der Waals surface area (Å²) in [6.07, 6.45) is 0. The molecule has 0 saturated carbocycles. The van der Waals surface area contributed by atoms with Gasteiger partial charge in [0.15, 0.2) is 17.4 Å². The summed E-state index contributed by atoms with van der Waals surface area (Å²) < 4.78 is 15.0. The molecule has 1 aromatic carbocycles. The Kier molecular flexibility index (Phi) is 2.23. The summed E-state index contributed by atoms with van der Waals surface area (Å²) in [6, 6.07) is 2.76. The molecular formula is C10H8ClFN2O. The number of hydrogen-bond donors (Lipinski definition) is 0. The Bertz CT molecular complexity index is 562. The number of imidazole rings is 1. The number of ketones is 1. The van der Waals surface area contributed by atoms with Gasteiger partial charge in [-0.1, -0.05) is 11.6 Å². The van der Waals surface area contributed by atoms with Crippen molar-refractivity contribution < 1.29 is 9.18 Å². The molecule has 0 atom stereocenters. The summed E-state index contributed by atoms with van der Waals surface area (Å²) in [5.41, 5.74) is 0.692. The van der Waals surface area contributed by atoms with E-state index in [4.69, 9.17) is 11.6 Å². The first-order valence-electron chi connectivity index (χ1n) is 4.33. The van der Waals surface area contributed by atoms with Crippen LogP contribution in [0.5, 0.6) is 0 Å². The van der Waals surface area contributed by atoms with E-state index in [1.807, 2.05) is 0 Å². The molecule has 0 saturated heterocycles. The molecule has 5 heteroatoms. The van der Waals surface area contributed by atoms with Crippen LogP contribution in [0, 0.1) is 5.82 Å². The van der Waals surface area contributed by atoms with Crippen molar-refractivity contribution >= 4 is 28.4 Å². The van der Waals surface area contributed by atoms with E-state index in [9.17, 15) is 9.18 Å². The molecule has 0 aliphatic rings. The van der Waals surface area contributed by atoms with Gasteiger partial charge in [-0.25, -0.2) is 9.37 Å². The number of halogens is 2. The molecule has 2 rings (SSSR count). The summed E-state index contributed by atoms with van der Waals surface area (Å²) in [5, 5.41) is 0.290. The number of carbonyl (C=O) groups excluding carboxylic acids is 1. The van der Waals surface area contributed by atoms with Crippen LogP contribution in [0.1, 0.15) is 17.5 Å². The van der Waals surface area contributed by atoms with E-state index in [0.717, 1.165) is 0 Å². The van der Waals surface area contributed by atoms with Crippen LogP contribution in [0.3, 0.4) is 0 Å². The van der Waals surface area contributed by atoms with E-state index in [-0.39, 0.29) is 22.1 Å². The SMILES string of the molecule is CC(=O)c1nc2c(F)cc(Cl)cc2n1C. The van der Waals surface area contributed by atoms with Gasteiger partial charge < -0.3 is 4.57 Å². The number of aromatic nitrogens is 2. The molecule has 0 aliphatic heterocycles. The van der Waals surface area contributed by atoms with Crippen LogP contribution < -0.4 is 0 Å². The zero-order chi connectivity index (χ0) is 11.2. The van der Waals surface area contributed by atoms with Gasteiger partial charge in [0.05, 0.1) is 5.52 Å². The highest BCUT2D eigenvalue weighted by Gasteiger charge is 2.14. The van der Waals surface area contributed by atoms with Gasteiger partial charge in [0, 0.05) is 19.0 Å². The van der Waals surface area contributed by atoms with Gasteiger partial charge in [-0.2, -0.15) is 0 Å². The molecule has 0 spiro atoms. The molecule has 0 bridgehead atoms. The lowest BCUT2D eigenvalue weighted by atomic mass is 10.3. The average Bonchev–Trinajstić information content (AvgIpc) is 2.44. The third-order valence-electron chi connectivity index (χ3n) is 2.22. The van der Waals surface area contributed by atoms with Crippen molar-refractivity contribution in [3.63, 3.8) is 0 Å². The summed E-state index contributed by atoms with van der Waals surface area (Å²) in [4.78, 5) is 15.1. The topological polar surface area (TPSA) is 34.9 Å². The Hall–Kier alpha value is -1.42. The minimum atomic E-state index is -0.513. The van der Waals surface area contributed by atoms with E-state index < -0.39 is 5.82 Å². The van der Waals surface area contributed by atoms with Gasteiger partial charge in [0.2, 0.25) is 0 Å². The van der Waals surface area contributed by atoms with Crippen molar-refractivity contribution in [3.05, 3.63) is 28.8 Å². The second-order valence-electron chi connectivity index (χ2n) is 3.31. The number of fused-ring (bicyclic) bond motifs is 1. The summed E-state index contributed by atoms with van der Waals surface area (Å²) >= 11 is 5.72. The number of aryl methyl sites for hydroxylation is 1. The van der Waals surface area contributed by atoms with Gasteiger partial charge in [-0.05, 0) is 12.1 Å². The first-order chi connectivity index (χ1) is 7.00. The van der Waals surface area contributed by atoms with Crippen molar-refractivity contribution in [2.24, 2.45) is 7.05 Å². The Morgan fingerprint density at radius 3 is 2.80 bits per heavy atom. The molecular weight excluding hydrogens is 219 g/mol. The molecule has 1 heterocycles. The van der Waals surface area contributed by atoms with Gasteiger partial charge in [-0.15, -0.1) is 0 Å². The van der Waals surface area contributed by atoms with Crippen molar-refractivity contribution in [2.45, 2.75) is 6.92 Å². The molecule has 78 valence electrons. The highest BCUT2D eigenvalue weighted by atomic mass is 35.5. The van der Waals surface area contributed by atoms with Gasteiger partial charge in [0.25, 0.3) is 0 Å². The average molecular weight is 227 g/mol. The second kappa shape index (κ2) is 3.31. The van der Waals surface area contributed by atoms with Crippen molar-refractivity contribution in [3.8, 4) is 0 Å². The molecule has 0 fully saturated rings. The Morgan fingerprint density at radius 2 is 2.20 bits per heavy atom. The molecule has 1 aromatic heterocycles. The summed E-state index contributed by atoms with van der Waals surface area (Å²) in [6.45, 7) is 1.39. The van der Waals surface area contributed by atoms with Crippen LogP contribution in [0.4, 0.5) is 4.39 Å². The van der Waals surface area contributed by atoms with Crippen LogP contribution in [0.2, 0.25) is 5.02 Å². The molecule has 3 nitrogen and oxygen atoms in total. The number of nitrogens with zero attached hydrogens (tertiary/aromatic N) is 2. The van der Waals surface area contributed by atoms with E-state index in [2.05, 4.69) is 4.98 Å². The Balaban J connectivity index is 2.88.